The molecule has 18 heavy (non-hydrogen) atoms. The van der Waals surface area contributed by atoms with Crippen molar-refractivity contribution in [3.05, 3.63) is 24.3 Å². The molecule has 1 rings (SSSR count). The quantitative estimate of drug-likeness (QED) is 0.815. The maximum atomic E-state index is 11.8. The van der Waals surface area contributed by atoms with Crippen molar-refractivity contribution in [3.63, 3.8) is 0 Å². The lowest BCUT2D eigenvalue weighted by Crippen LogP contribution is -2.40. The summed E-state index contributed by atoms with van der Waals surface area (Å²) in [4.78, 5) is 11.8. The van der Waals surface area contributed by atoms with Crippen LogP contribution in [0.5, 0.6) is 5.75 Å². The van der Waals surface area contributed by atoms with Crippen LogP contribution in [0.1, 0.15) is 27.7 Å². The van der Waals surface area contributed by atoms with Crippen LogP contribution in [0.15, 0.2) is 24.3 Å². The fourth-order valence-electron chi connectivity index (χ4n) is 1.57. The molecule has 0 bridgehead atoms. The molecule has 4 heteroatoms. The molecule has 0 aliphatic heterocycles. The zero-order valence-corrected chi connectivity index (χ0v) is 11.5. The molecule has 1 unspecified atom stereocenters. The van der Waals surface area contributed by atoms with Gasteiger partial charge in [0, 0.05) is 17.8 Å². The third-order valence-corrected chi connectivity index (χ3v) is 2.35. The van der Waals surface area contributed by atoms with Gasteiger partial charge in [-0.3, -0.25) is 4.79 Å². The van der Waals surface area contributed by atoms with Gasteiger partial charge >= 0.3 is 0 Å². The first kappa shape index (κ1) is 14.4. The minimum Gasteiger partial charge on any atom is -0.494 e. The first-order valence-corrected chi connectivity index (χ1v) is 6.32. The Labute approximate surface area is 109 Å². The highest BCUT2D eigenvalue weighted by Crippen LogP contribution is 2.17. The molecule has 0 aliphatic carbocycles. The minimum absolute atomic E-state index is 0.00758. The molecule has 0 radical (unpaired) electrons. The molecule has 0 spiro atoms. The summed E-state index contributed by atoms with van der Waals surface area (Å²) in [7, 11) is 0. The van der Waals surface area contributed by atoms with Crippen LogP contribution in [0.2, 0.25) is 0 Å². The standard InChI is InChI=1S/C14H22N2O2/c1-5-18-13-8-6-7-12(9-13)16-11(4)14(17)15-10(2)3/h6-11,16H,5H2,1-4H3,(H,15,17). The smallest absolute Gasteiger partial charge is 0.242 e. The van der Waals surface area contributed by atoms with E-state index in [1.165, 1.54) is 0 Å². The molecule has 1 aromatic rings. The molecule has 1 atom stereocenters. The van der Waals surface area contributed by atoms with Crippen molar-refractivity contribution in [3.8, 4) is 5.75 Å². The summed E-state index contributed by atoms with van der Waals surface area (Å²) in [5.74, 6) is 0.797. The van der Waals surface area contributed by atoms with Crippen molar-refractivity contribution in [1.29, 1.82) is 0 Å². The minimum atomic E-state index is -0.274. The maximum Gasteiger partial charge on any atom is 0.242 e. The molecule has 2 N–H and O–H groups in total. The van der Waals surface area contributed by atoms with Gasteiger partial charge in [-0.05, 0) is 39.8 Å². The molecule has 4 nitrogen and oxygen atoms in total. The maximum absolute atomic E-state index is 11.8. The van der Waals surface area contributed by atoms with Crippen LogP contribution < -0.4 is 15.4 Å². The van der Waals surface area contributed by atoms with Gasteiger partial charge in [-0.15, -0.1) is 0 Å². The lowest BCUT2D eigenvalue weighted by Gasteiger charge is -2.17. The van der Waals surface area contributed by atoms with Gasteiger partial charge in [-0.2, -0.15) is 0 Å². The summed E-state index contributed by atoms with van der Waals surface area (Å²) in [6, 6.07) is 7.49. The number of ether oxygens (including phenoxy) is 1. The Morgan fingerprint density at radius 2 is 2.06 bits per heavy atom. The van der Waals surface area contributed by atoms with Crippen molar-refractivity contribution in [2.75, 3.05) is 11.9 Å². The van der Waals surface area contributed by atoms with Crippen LogP contribution >= 0.6 is 0 Å². The summed E-state index contributed by atoms with van der Waals surface area (Å²) < 4.78 is 5.41. The molecule has 0 aromatic heterocycles. The average Bonchev–Trinajstić information content (AvgIpc) is 2.29. The van der Waals surface area contributed by atoms with E-state index in [1.807, 2.05) is 52.0 Å². The number of hydrogen-bond acceptors (Lipinski definition) is 3. The van der Waals surface area contributed by atoms with E-state index in [2.05, 4.69) is 10.6 Å². The molecular formula is C14H22N2O2. The highest BCUT2D eigenvalue weighted by atomic mass is 16.5. The third-order valence-electron chi connectivity index (χ3n) is 2.35. The van der Waals surface area contributed by atoms with Gasteiger partial charge in [0.25, 0.3) is 0 Å². The Kier molecular flexibility index (Phi) is 5.49. The van der Waals surface area contributed by atoms with Crippen molar-refractivity contribution < 1.29 is 9.53 Å². The first-order chi connectivity index (χ1) is 8.52. The number of anilines is 1. The van der Waals surface area contributed by atoms with E-state index in [0.717, 1.165) is 11.4 Å². The highest BCUT2D eigenvalue weighted by Gasteiger charge is 2.13. The van der Waals surface area contributed by atoms with Crippen LogP contribution in [0.4, 0.5) is 5.69 Å². The second-order valence-corrected chi connectivity index (χ2v) is 4.49. The van der Waals surface area contributed by atoms with Crippen molar-refractivity contribution >= 4 is 11.6 Å². The molecule has 0 fully saturated rings. The van der Waals surface area contributed by atoms with Gasteiger partial charge in [0.15, 0.2) is 0 Å². The van der Waals surface area contributed by atoms with Crippen molar-refractivity contribution in [2.24, 2.45) is 0 Å². The van der Waals surface area contributed by atoms with E-state index in [9.17, 15) is 4.79 Å². The highest BCUT2D eigenvalue weighted by molar-refractivity contribution is 5.84. The molecule has 1 aromatic carbocycles. The van der Waals surface area contributed by atoms with Crippen molar-refractivity contribution in [2.45, 2.75) is 39.8 Å². The second-order valence-electron chi connectivity index (χ2n) is 4.49. The van der Waals surface area contributed by atoms with Gasteiger partial charge in [-0.25, -0.2) is 0 Å². The van der Waals surface area contributed by atoms with Gasteiger partial charge in [0.2, 0.25) is 5.91 Å². The fraction of sp³-hybridized carbons (Fsp3) is 0.500. The van der Waals surface area contributed by atoms with Gasteiger partial charge in [-0.1, -0.05) is 6.07 Å². The summed E-state index contributed by atoms with van der Waals surface area (Å²) in [6.07, 6.45) is 0. The van der Waals surface area contributed by atoms with E-state index in [0.29, 0.717) is 6.61 Å². The summed E-state index contributed by atoms with van der Waals surface area (Å²) in [5.41, 5.74) is 0.882. The number of nitrogens with one attached hydrogen (secondary N) is 2. The number of amides is 1. The SMILES string of the molecule is CCOc1cccc(NC(C)C(=O)NC(C)C)c1. The summed E-state index contributed by atoms with van der Waals surface area (Å²) in [5, 5.41) is 6.02. The third kappa shape index (κ3) is 4.65. The lowest BCUT2D eigenvalue weighted by atomic mass is 10.2. The van der Waals surface area contributed by atoms with E-state index >= 15 is 0 Å². The van der Waals surface area contributed by atoms with Crippen LogP contribution in [-0.2, 0) is 4.79 Å². The van der Waals surface area contributed by atoms with Crippen LogP contribution in [0, 0.1) is 0 Å². The zero-order chi connectivity index (χ0) is 13.5. The topological polar surface area (TPSA) is 50.4 Å². The normalized spacial score (nSPS) is 12.1. The molecular weight excluding hydrogens is 228 g/mol. The zero-order valence-electron chi connectivity index (χ0n) is 11.5. The van der Waals surface area contributed by atoms with Gasteiger partial charge < -0.3 is 15.4 Å². The number of hydrogen-bond donors (Lipinski definition) is 2. The molecule has 0 saturated heterocycles. The Morgan fingerprint density at radius 3 is 2.67 bits per heavy atom. The first-order valence-electron chi connectivity index (χ1n) is 6.32. The molecule has 1 amide bonds. The largest absolute Gasteiger partial charge is 0.494 e. The van der Waals surface area contributed by atoms with E-state index in [-0.39, 0.29) is 18.0 Å². The van der Waals surface area contributed by atoms with E-state index in [4.69, 9.17) is 4.74 Å². The number of carbonyl (C=O) groups excluding carboxylic acids is 1. The van der Waals surface area contributed by atoms with E-state index in [1.54, 1.807) is 0 Å². The number of benzene rings is 1. The average molecular weight is 250 g/mol. The summed E-state index contributed by atoms with van der Waals surface area (Å²) >= 11 is 0. The second kappa shape index (κ2) is 6.89. The predicted molar refractivity (Wildman–Crippen MR) is 74.0 cm³/mol. The van der Waals surface area contributed by atoms with E-state index < -0.39 is 0 Å². The van der Waals surface area contributed by atoms with Crippen LogP contribution in [0.25, 0.3) is 0 Å². The van der Waals surface area contributed by atoms with Gasteiger partial charge in [0.1, 0.15) is 11.8 Å². The molecule has 0 heterocycles. The lowest BCUT2D eigenvalue weighted by molar-refractivity contribution is -0.122. The molecule has 0 aliphatic rings. The van der Waals surface area contributed by atoms with Gasteiger partial charge in [0.05, 0.1) is 6.61 Å². The Bertz CT molecular complexity index is 391. The number of rotatable bonds is 6. The summed E-state index contributed by atoms with van der Waals surface area (Å²) in [6.45, 7) is 8.30. The predicted octanol–water partition coefficient (Wildman–Crippen LogP) is 2.41. The monoisotopic (exact) mass is 250 g/mol. The van der Waals surface area contributed by atoms with Crippen LogP contribution in [-0.4, -0.2) is 24.6 Å². The van der Waals surface area contributed by atoms with Crippen molar-refractivity contribution in [1.82, 2.24) is 5.32 Å². The molecule has 0 saturated carbocycles. The fourth-order valence-corrected chi connectivity index (χ4v) is 1.57. The van der Waals surface area contributed by atoms with Crippen LogP contribution in [0.3, 0.4) is 0 Å². The molecule has 100 valence electrons. The Hall–Kier alpha value is -1.71. The Morgan fingerprint density at radius 1 is 1.33 bits per heavy atom. The number of carbonyl (C=O) groups is 1. The Balaban J connectivity index is 2.60.